The van der Waals surface area contributed by atoms with Gasteiger partial charge in [0.25, 0.3) is 0 Å². The van der Waals surface area contributed by atoms with Gasteiger partial charge in [-0.25, -0.2) is 0 Å². The summed E-state index contributed by atoms with van der Waals surface area (Å²) < 4.78 is 0. The van der Waals surface area contributed by atoms with Crippen LogP contribution in [0.4, 0.5) is 0 Å². The third-order valence-corrected chi connectivity index (χ3v) is 3.10. The first kappa shape index (κ1) is 13.3. The van der Waals surface area contributed by atoms with Gasteiger partial charge in [0.05, 0.1) is 5.69 Å². The topological polar surface area (TPSA) is 24.9 Å². The SMILES string of the molecule is Cc1cccnc1CNCc1cc(Cl)cc(Cl)c1. The second-order valence-corrected chi connectivity index (χ2v) is 5.02. The fourth-order valence-corrected chi connectivity index (χ4v) is 2.31. The van der Waals surface area contributed by atoms with E-state index < -0.39 is 0 Å². The van der Waals surface area contributed by atoms with Gasteiger partial charge in [-0.15, -0.1) is 0 Å². The van der Waals surface area contributed by atoms with Crippen LogP contribution in [0.15, 0.2) is 36.5 Å². The molecule has 0 aliphatic heterocycles. The fraction of sp³-hybridized carbons (Fsp3) is 0.214. The largest absolute Gasteiger partial charge is 0.307 e. The second-order valence-electron chi connectivity index (χ2n) is 4.15. The number of aryl methyl sites for hydroxylation is 1. The van der Waals surface area contributed by atoms with Crippen molar-refractivity contribution in [3.8, 4) is 0 Å². The molecule has 0 bridgehead atoms. The van der Waals surface area contributed by atoms with Gasteiger partial charge in [-0.1, -0.05) is 29.3 Å². The van der Waals surface area contributed by atoms with Crippen molar-refractivity contribution in [2.45, 2.75) is 20.0 Å². The third-order valence-electron chi connectivity index (χ3n) is 2.66. The highest BCUT2D eigenvalue weighted by atomic mass is 35.5. The lowest BCUT2D eigenvalue weighted by molar-refractivity contribution is 0.676. The lowest BCUT2D eigenvalue weighted by Gasteiger charge is -2.07. The van der Waals surface area contributed by atoms with Crippen LogP contribution in [0.3, 0.4) is 0 Å². The zero-order valence-corrected chi connectivity index (χ0v) is 11.6. The first-order valence-corrected chi connectivity index (χ1v) is 6.47. The van der Waals surface area contributed by atoms with Crippen LogP contribution in [0.1, 0.15) is 16.8 Å². The average Bonchev–Trinajstić information content (AvgIpc) is 2.30. The Bertz CT molecular complexity index is 521. The molecule has 2 nitrogen and oxygen atoms in total. The van der Waals surface area contributed by atoms with E-state index >= 15 is 0 Å². The molecule has 0 spiro atoms. The highest BCUT2D eigenvalue weighted by Gasteiger charge is 2.00. The predicted octanol–water partition coefficient (Wildman–Crippen LogP) is 3.99. The van der Waals surface area contributed by atoms with Crippen LogP contribution in [-0.4, -0.2) is 4.98 Å². The highest BCUT2D eigenvalue weighted by Crippen LogP contribution is 2.18. The summed E-state index contributed by atoms with van der Waals surface area (Å²) in [5.41, 5.74) is 3.32. The number of hydrogen-bond donors (Lipinski definition) is 1. The van der Waals surface area contributed by atoms with E-state index in [1.807, 2.05) is 18.2 Å². The fourth-order valence-electron chi connectivity index (χ4n) is 1.74. The average molecular weight is 281 g/mol. The molecule has 18 heavy (non-hydrogen) atoms. The summed E-state index contributed by atoms with van der Waals surface area (Å²) in [4.78, 5) is 4.33. The van der Waals surface area contributed by atoms with Gasteiger partial charge in [0.2, 0.25) is 0 Å². The lowest BCUT2D eigenvalue weighted by Crippen LogP contribution is -2.14. The maximum absolute atomic E-state index is 5.95. The van der Waals surface area contributed by atoms with E-state index in [1.165, 1.54) is 5.56 Å². The minimum Gasteiger partial charge on any atom is -0.307 e. The standard InChI is InChI=1S/C14H14Cl2N2/c1-10-3-2-4-18-14(10)9-17-8-11-5-12(15)7-13(16)6-11/h2-7,17H,8-9H2,1H3. The Hall–Kier alpha value is -1.09. The number of benzene rings is 1. The van der Waals surface area contributed by atoms with Crippen molar-refractivity contribution >= 4 is 23.2 Å². The van der Waals surface area contributed by atoms with Crippen LogP contribution in [0.25, 0.3) is 0 Å². The van der Waals surface area contributed by atoms with Gasteiger partial charge in [-0.05, 0) is 42.3 Å². The molecule has 0 unspecified atom stereocenters. The monoisotopic (exact) mass is 280 g/mol. The number of halogens is 2. The summed E-state index contributed by atoms with van der Waals surface area (Å²) in [5, 5.41) is 4.65. The summed E-state index contributed by atoms with van der Waals surface area (Å²) in [6, 6.07) is 9.54. The molecule has 4 heteroatoms. The first-order valence-electron chi connectivity index (χ1n) is 5.71. The van der Waals surface area contributed by atoms with E-state index in [-0.39, 0.29) is 0 Å². The number of rotatable bonds is 4. The summed E-state index contributed by atoms with van der Waals surface area (Å²) in [7, 11) is 0. The molecule has 0 saturated heterocycles. The van der Waals surface area contributed by atoms with Gasteiger partial charge in [-0.3, -0.25) is 4.98 Å². The lowest BCUT2D eigenvalue weighted by atomic mass is 10.2. The predicted molar refractivity (Wildman–Crippen MR) is 76.0 cm³/mol. The van der Waals surface area contributed by atoms with Crippen molar-refractivity contribution in [2.75, 3.05) is 0 Å². The van der Waals surface area contributed by atoms with Crippen molar-refractivity contribution in [2.24, 2.45) is 0 Å². The third kappa shape index (κ3) is 3.70. The van der Waals surface area contributed by atoms with Gasteiger partial charge in [0.1, 0.15) is 0 Å². The molecule has 0 amide bonds. The van der Waals surface area contributed by atoms with Crippen molar-refractivity contribution in [3.05, 3.63) is 63.4 Å². The van der Waals surface area contributed by atoms with Gasteiger partial charge in [-0.2, -0.15) is 0 Å². The molecule has 0 aliphatic rings. The van der Waals surface area contributed by atoms with Crippen LogP contribution in [-0.2, 0) is 13.1 Å². The number of nitrogens with zero attached hydrogens (tertiary/aromatic N) is 1. The van der Waals surface area contributed by atoms with E-state index in [0.29, 0.717) is 10.0 Å². The molecule has 0 fully saturated rings. The van der Waals surface area contributed by atoms with Gasteiger partial charge < -0.3 is 5.32 Å². The summed E-state index contributed by atoms with van der Waals surface area (Å²) in [6.45, 7) is 3.51. The van der Waals surface area contributed by atoms with E-state index in [2.05, 4.69) is 23.3 Å². The zero-order chi connectivity index (χ0) is 13.0. The Kier molecular flexibility index (Phi) is 4.59. The van der Waals surface area contributed by atoms with E-state index in [0.717, 1.165) is 24.3 Å². The van der Waals surface area contributed by atoms with Crippen LogP contribution in [0.5, 0.6) is 0 Å². The molecule has 0 radical (unpaired) electrons. The van der Waals surface area contributed by atoms with E-state index in [9.17, 15) is 0 Å². The molecule has 2 aromatic rings. The van der Waals surface area contributed by atoms with Crippen molar-refractivity contribution < 1.29 is 0 Å². The zero-order valence-electron chi connectivity index (χ0n) is 10.1. The number of pyridine rings is 1. The highest BCUT2D eigenvalue weighted by molar-refractivity contribution is 6.34. The molecular formula is C14H14Cl2N2. The van der Waals surface area contributed by atoms with E-state index in [1.54, 1.807) is 12.3 Å². The molecular weight excluding hydrogens is 267 g/mol. The molecule has 0 aliphatic carbocycles. The molecule has 0 atom stereocenters. The van der Waals surface area contributed by atoms with Crippen LogP contribution in [0, 0.1) is 6.92 Å². The smallest absolute Gasteiger partial charge is 0.0570 e. The Morgan fingerprint density at radius 1 is 1.11 bits per heavy atom. The first-order chi connectivity index (χ1) is 8.65. The van der Waals surface area contributed by atoms with Crippen molar-refractivity contribution in [1.82, 2.24) is 10.3 Å². The van der Waals surface area contributed by atoms with Crippen LogP contribution >= 0.6 is 23.2 Å². The Morgan fingerprint density at radius 2 is 1.83 bits per heavy atom. The second kappa shape index (κ2) is 6.19. The van der Waals surface area contributed by atoms with Crippen LogP contribution < -0.4 is 5.32 Å². The molecule has 1 N–H and O–H groups in total. The number of nitrogens with one attached hydrogen (secondary N) is 1. The van der Waals surface area contributed by atoms with E-state index in [4.69, 9.17) is 23.2 Å². The minimum absolute atomic E-state index is 0.660. The number of aromatic nitrogens is 1. The molecule has 1 aromatic carbocycles. The molecule has 1 heterocycles. The molecule has 94 valence electrons. The molecule has 0 saturated carbocycles. The Balaban J connectivity index is 1.94. The maximum Gasteiger partial charge on any atom is 0.0570 e. The van der Waals surface area contributed by atoms with Crippen molar-refractivity contribution in [1.29, 1.82) is 0 Å². The van der Waals surface area contributed by atoms with Gasteiger partial charge in [0, 0.05) is 29.3 Å². The van der Waals surface area contributed by atoms with Crippen molar-refractivity contribution in [3.63, 3.8) is 0 Å². The normalized spacial score (nSPS) is 10.6. The Morgan fingerprint density at radius 3 is 2.50 bits per heavy atom. The summed E-state index contributed by atoms with van der Waals surface area (Å²) in [6.07, 6.45) is 1.81. The molecule has 1 aromatic heterocycles. The van der Waals surface area contributed by atoms with Gasteiger partial charge in [0.15, 0.2) is 0 Å². The number of hydrogen-bond acceptors (Lipinski definition) is 2. The minimum atomic E-state index is 0.660. The quantitative estimate of drug-likeness (QED) is 0.916. The summed E-state index contributed by atoms with van der Waals surface area (Å²) >= 11 is 11.9. The van der Waals surface area contributed by atoms with Crippen LogP contribution in [0.2, 0.25) is 10.0 Å². The summed E-state index contributed by atoms with van der Waals surface area (Å²) in [5.74, 6) is 0. The Labute approximate surface area is 117 Å². The maximum atomic E-state index is 5.95. The van der Waals surface area contributed by atoms with Gasteiger partial charge >= 0.3 is 0 Å². The molecule has 2 rings (SSSR count).